The average molecular weight is 427 g/mol. The number of piperidine rings is 1. The molecule has 0 amide bonds. The standard InChI is InChI=1S/C22H23FN4O2S/c1-2-15-10-24-22(25-11-15)27-7-5-17(6-8-27)21-26-18(14-30-21)13-29-20-4-3-16(12-28)9-19(20)23/h3-4,9-12,14,17H,2,5-8,13H2,1H3. The number of ether oxygens (including phenoxy) is 1. The molecule has 3 aromatic rings. The number of hydrogen-bond donors (Lipinski definition) is 0. The van der Waals surface area contributed by atoms with Crippen molar-refractivity contribution in [2.75, 3.05) is 18.0 Å². The molecule has 0 aliphatic carbocycles. The predicted molar refractivity (Wildman–Crippen MR) is 114 cm³/mol. The molecule has 156 valence electrons. The minimum Gasteiger partial charge on any atom is -0.484 e. The van der Waals surface area contributed by atoms with Gasteiger partial charge in [-0.15, -0.1) is 11.3 Å². The fourth-order valence-corrected chi connectivity index (χ4v) is 4.43. The molecule has 8 heteroatoms. The number of benzene rings is 1. The monoisotopic (exact) mass is 426 g/mol. The normalized spacial score (nSPS) is 14.7. The summed E-state index contributed by atoms with van der Waals surface area (Å²) in [7, 11) is 0. The van der Waals surface area contributed by atoms with Crippen LogP contribution in [0.15, 0.2) is 36.0 Å². The molecule has 1 fully saturated rings. The molecule has 1 saturated heterocycles. The zero-order valence-corrected chi connectivity index (χ0v) is 17.6. The number of carbonyl (C=O) groups excluding carboxylic acids is 1. The summed E-state index contributed by atoms with van der Waals surface area (Å²) in [6, 6.07) is 4.17. The van der Waals surface area contributed by atoms with Crippen LogP contribution in [0.3, 0.4) is 0 Å². The summed E-state index contributed by atoms with van der Waals surface area (Å²) in [6.07, 6.45) is 7.34. The molecule has 3 heterocycles. The number of halogens is 1. The second-order valence-corrected chi connectivity index (χ2v) is 8.17. The van der Waals surface area contributed by atoms with Gasteiger partial charge < -0.3 is 9.64 Å². The van der Waals surface area contributed by atoms with E-state index in [1.807, 2.05) is 17.8 Å². The first-order valence-electron chi connectivity index (χ1n) is 10.0. The Morgan fingerprint density at radius 3 is 2.70 bits per heavy atom. The molecule has 0 spiro atoms. The van der Waals surface area contributed by atoms with Gasteiger partial charge in [-0.1, -0.05) is 6.92 Å². The number of anilines is 1. The number of aryl methyl sites for hydroxylation is 1. The van der Waals surface area contributed by atoms with Crippen LogP contribution in [0.4, 0.5) is 10.3 Å². The average Bonchev–Trinajstić information content (AvgIpc) is 3.27. The third-order valence-corrected chi connectivity index (χ3v) is 6.32. The molecule has 30 heavy (non-hydrogen) atoms. The highest BCUT2D eigenvalue weighted by Crippen LogP contribution is 2.31. The fraction of sp³-hybridized carbons (Fsp3) is 0.364. The van der Waals surface area contributed by atoms with Gasteiger partial charge in [-0.3, -0.25) is 4.79 Å². The summed E-state index contributed by atoms with van der Waals surface area (Å²) < 4.78 is 19.5. The van der Waals surface area contributed by atoms with Gasteiger partial charge in [0.1, 0.15) is 12.9 Å². The number of thiazole rings is 1. The van der Waals surface area contributed by atoms with E-state index < -0.39 is 5.82 Å². The summed E-state index contributed by atoms with van der Waals surface area (Å²) in [4.78, 5) is 26.6. The van der Waals surface area contributed by atoms with Gasteiger partial charge in [0, 0.05) is 42.3 Å². The summed E-state index contributed by atoms with van der Waals surface area (Å²) in [6.45, 7) is 4.09. The third-order valence-electron chi connectivity index (χ3n) is 5.26. The lowest BCUT2D eigenvalue weighted by Gasteiger charge is -2.31. The van der Waals surface area contributed by atoms with Gasteiger partial charge in [0.2, 0.25) is 5.95 Å². The lowest BCUT2D eigenvalue weighted by Crippen LogP contribution is -2.34. The van der Waals surface area contributed by atoms with E-state index in [1.165, 1.54) is 18.2 Å². The van der Waals surface area contributed by atoms with Crippen molar-refractivity contribution >= 4 is 23.6 Å². The third kappa shape index (κ3) is 4.64. The molecule has 0 saturated carbocycles. The molecule has 1 aliphatic heterocycles. The SMILES string of the molecule is CCc1cnc(N2CCC(c3nc(COc4ccc(C=O)cc4F)cs3)CC2)nc1. The van der Waals surface area contributed by atoms with Crippen LogP contribution in [-0.4, -0.2) is 34.3 Å². The van der Waals surface area contributed by atoms with Gasteiger partial charge >= 0.3 is 0 Å². The van der Waals surface area contributed by atoms with Gasteiger partial charge in [0.05, 0.1) is 10.7 Å². The summed E-state index contributed by atoms with van der Waals surface area (Å²) in [5.74, 6) is 0.772. The predicted octanol–water partition coefficient (Wildman–Crippen LogP) is 4.41. The fourth-order valence-electron chi connectivity index (χ4n) is 3.46. The molecule has 0 atom stereocenters. The zero-order chi connectivity index (χ0) is 20.9. The second-order valence-electron chi connectivity index (χ2n) is 7.28. The van der Waals surface area contributed by atoms with Crippen LogP contribution in [0, 0.1) is 5.82 Å². The van der Waals surface area contributed by atoms with E-state index >= 15 is 0 Å². The summed E-state index contributed by atoms with van der Waals surface area (Å²) in [5, 5.41) is 3.05. The van der Waals surface area contributed by atoms with Gasteiger partial charge in [-0.25, -0.2) is 19.3 Å². The van der Waals surface area contributed by atoms with Crippen LogP contribution in [0.2, 0.25) is 0 Å². The maximum Gasteiger partial charge on any atom is 0.225 e. The van der Waals surface area contributed by atoms with Crippen LogP contribution in [0.25, 0.3) is 0 Å². The van der Waals surface area contributed by atoms with E-state index in [-0.39, 0.29) is 17.9 Å². The molecule has 1 aromatic carbocycles. The number of aromatic nitrogens is 3. The highest BCUT2D eigenvalue weighted by Gasteiger charge is 2.24. The van der Waals surface area contributed by atoms with Gasteiger partial charge in [-0.05, 0) is 43.0 Å². The first kappa shape index (κ1) is 20.4. The highest BCUT2D eigenvalue weighted by atomic mass is 32.1. The van der Waals surface area contributed by atoms with Crippen molar-refractivity contribution in [3.63, 3.8) is 0 Å². The Morgan fingerprint density at radius 2 is 2.03 bits per heavy atom. The van der Waals surface area contributed by atoms with Crippen LogP contribution < -0.4 is 9.64 Å². The van der Waals surface area contributed by atoms with Crippen LogP contribution >= 0.6 is 11.3 Å². The summed E-state index contributed by atoms with van der Waals surface area (Å²) >= 11 is 1.62. The lowest BCUT2D eigenvalue weighted by molar-refractivity contribution is 0.112. The van der Waals surface area contributed by atoms with E-state index in [9.17, 15) is 9.18 Å². The molecule has 4 rings (SSSR count). The molecule has 6 nitrogen and oxygen atoms in total. The number of hydrogen-bond acceptors (Lipinski definition) is 7. The van der Waals surface area contributed by atoms with Crippen molar-refractivity contribution in [2.24, 2.45) is 0 Å². The number of nitrogens with zero attached hydrogens (tertiary/aromatic N) is 4. The smallest absolute Gasteiger partial charge is 0.225 e. The van der Waals surface area contributed by atoms with Crippen molar-refractivity contribution in [1.29, 1.82) is 0 Å². The molecule has 0 unspecified atom stereocenters. The Morgan fingerprint density at radius 1 is 1.27 bits per heavy atom. The zero-order valence-electron chi connectivity index (χ0n) is 16.8. The molecule has 0 N–H and O–H groups in total. The number of carbonyl (C=O) groups is 1. The quantitative estimate of drug-likeness (QED) is 0.521. The van der Waals surface area contributed by atoms with Crippen molar-refractivity contribution in [2.45, 2.75) is 38.7 Å². The highest BCUT2D eigenvalue weighted by molar-refractivity contribution is 7.09. The molecule has 2 aromatic heterocycles. The van der Waals surface area contributed by atoms with Crippen LogP contribution in [-0.2, 0) is 13.0 Å². The van der Waals surface area contributed by atoms with Crippen molar-refractivity contribution in [3.05, 3.63) is 63.6 Å². The first-order valence-corrected chi connectivity index (χ1v) is 10.9. The molecule has 0 bridgehead atoms. The van der Waals surface area contributed by atoms with Crippen molar-refractivity contribution < 1.29 is 13.9 Å². The van der Waals surface area contributed by atoms with E-state index in [0.717, 1.165) is 54.6 Å². The maximum atomic E-state index is 13.9. The Balaban J connectivity index is 1.31. The number of rotatable bonds is 7. The minimum absolute atomic E-state index is 0.123. The van der Waals surface area contributed by atoms with E-state index in [2.05, 4.69) is 21.8 Å². The topological polar surface area (TPSA) is 68.2 Å². The first-order chi connectivity index (χ1) is 14.7. The van der Waals surface area contributed by atoms with Crippen LogP contribution in [0.5, 0.6) is 5.75 Å². The second kappa shape index (κ2) is 9.30. The van der Waals surface area contributed by atoms with E-state index in [4.69, 9.17) is 9.72 Å². The Labute approximate surface area is 178 Å². The van der Waals surface area contributed by atoms with Gasteiger partial charge in [0.25, 0.3) is 0 Å². The maximum absolute atomic E-state index is 13.9. The van der Waals surface area contributed by atoms with Crippen LogP contribution in [0.1, 0.15) is 52.3 Å². The minimum atomic E-state index is -0.545. The lowest BCUT2D eigenvalue weighted by atomic mass is 9.98. The Kier molecular flexibility index (Phi) is 6.32. The largest absolute Gasteiger partial charge is 0.484 e. The molecular weight excluding hydrogens is 403 g/mol. The van der Waals surface area contributed by atoms with Crippen molar-refractivity contribution in [1.82, 2.24) is 15.0 Å². The van der Waals surface area contributed by atoms with Gasteiger partial charge in [-0.2, -0.15) is 0 Å². The Hall–Kier alpha value is -2.87. The van der Waals surface area contributed by atoms with E-state index in [1.54, 1.807) is 11.3 Å². The van der Waals surface area contributed by atoms with Gasteiger partial charge in [0.15, 0.2) is 11.6 Å². The molecule has 1 aliphatic rings. The molecule has 0 radical (unpaired) electrons. The summed E-state index contributed by atoms with van der Waals surface area (Å²) in [5.41, 5.74) is 2.22. The van der Waals surface area contributed by atoms with Crippen molar-refractivity contribution in [3.8, 4) is 5.75 Å². The Bertz CT molecular complexity index is 1000. The van der Waals surface area contributed by atoms with E-state index in [0.29, 0.717) is 12.2 Å². The molecular formula is C22H23FN4O2S. The number of aldehydes is 1.